The zero-order chi connectivity index (χ0) is 16.3. The maximum absolute atomic E-state index is 14.2. The summed E-state index contributed by atoms with van der Waals surface area (Å²) in [5.74, 6) is -0.728. The van der Waals surface area contributed by atoms with Crippen molar-refractivity contribution in [2.75, 3.05) is 12.4 Å². The lowest BCUT2D eigenvalue weighted by atomic mass is 10.2. The number of nitrogens with one attached hydrogen (secondary N) is 2. The average molecular weight is 372 g/mol. The quantitative estimate of drug-likeness (QED) is 0.573. The first-order chi connectivity index (χ1) is 10.5. The molecule has 4 nitrogen and oxygen atoms in total. The lowest BCUT2D eigenvalue weighted by Crippen LogP contribution is -2.02. The summed E-state index contributed by atoms with van der Waals surface area (Å²) in [6.07, 6.45) is 3.69. The summed E-state index contributed by atoms with van der Waals surface area (Å²) in [5.41, 5.74) is 1.56. The van der Waals surface area contributed by atoms with Gasteiger partial charge in [0.2, 0.25) is 0 Å². The van der Waals surface area contributed by atoms with Crippen LogP contribution >= 0.6 is 15.9 Å². The Balaban J connectivity index is 2.42. The van der Waals surface area contributed by atoms with E-state index in [1.54, 1.807) is 12.1 Å². The molecule has 1 aromatic heterocycles. The molecule has 0 saturated heterocycles. The van der Waals surface area contributed by atoms with Crippen molar-refractivity contribution in [3.63, 3.8) is 0 Å². The van der Waals surface area contributed by atoms with Gasteiger partial charge in [-0.3, -0.25) is 5.10 Å². The minimum atomic E-state index is -0.433. The van der Waals surface area contributed by atoms with Gasteiger partial charge in [-0.1, -0.05) is 6.92 Å². The van der Waals surface area contributed by atoms with Gasteiger partial charge in [-0.15, -0.1) is 0 Å². The fraction of sp³-hybridized carbons (Fsp3) is 0.267. The van der Waals surface area contributed by atoms with Crippen LogP contribution in [0.2, 0.25) is 0 Å². The van der Waals surface area contributed by atoms with E-state index in [0.717, 1.165) is 0 Å². The van der Waals surface area contributed by atoms with E-state index < -0.39 is 11.6 Å². The molecular formula is C15H16BrF2N3O. The van der Waals surface area contributed by atoms with Crippen molar-refractivity contribution in [2.24, 2.45) is 0 Å². The Bertz CT molecular complexity index is 749. The highest BCUT2D eigenvalue weighted by Crippen LogP contribution is 2.32. The van der Waals surface area contributed by atoms with Crippen LogP contribution in [-0.4, -0.2) is 17.3 Å². The summed E-state index contributed by atoms with van der Waals surface area (Å²) in [6.45, 7) is 3.22. The highest BCUT2D eigenvalue weighted by atomic mass is 79.9. The molecule has 22 heavy (non-hydrogen) atoms. The molecule has 0 saturated carbocycles. The van der Waals surface area contributed by atoms with Crippen LogP contribution in [0, 0.1) is 5.82 Å². The van der Waals surface area contributed by atoms with Gasteiger partial charge in [0.05, 0.1) is 23.5 Å². The second kappa shape index (κ2) is 6.91. The summed E-state index contributed by atoms with van der Waals surface area (Å²) >= 11 is 3.23. The number of aromatic nitrogens is 2. The van der Waals surface area contributed by atoms with E-state index in [2.05, 4.69) is 31.4 Å². The van der Waals surface area contributed by atoms with Crippen LogP contribution in [0.5, 0.6) is 0 Å². The SMILES string of the molecule is CC/C(=C\C(OC)=C(/C)F)Nc1cc2cn[nH]c2c(F)c1Br. The molecule has 0 fully saturated rings. The first kappa shape index (κ1) is 16.5. The predicted octanol–water partition coefficient (Wildman–Crippen LogP) is 5.02. The Hall–Kier alpha value is -1.89. The van der Waals surface area contributed by atoms with E-state index in [0.29, 0.717) is 28.7 Å². The Morgan fingerprint density at radius 3 is 2.86 bits per heavy atom. The third kappa shape index (κ3) is 3.30. The number of fused-ring (bicyclic) bond motifs is 1. The Kier molecular flexibility index (Phi) is 5.18. The van der Waals surface area contributed by atoms with E-state index >= 15 is 0 Å². The number of rotatable bonds is 5. The minimum absolute atomic E-state index is 0.130. The van der Waals surface area contributed by atoms with E-state index in [4.69, 9.17) is 4.74 Å². The molecule has 118 valence electrons. The third-order valence-electron chi connectivity index (χ3n) is 3.16. The van der Waals surface area contributed by atoms with Crippen molar-refractivity contribution in [3.8, 4) is 0 Å². The van der Waals surface area contributed by atoms with Gasteiger partial charge < -0.3 is 10.1 Å². The first-order valence-corrected chi connectivity index (χ1v) is 7.46. The Morgan fingerprint density at radius 1 is 1.55 bits per heavy atom. The topological polar surface area (TPSA) is 49.9 Å². The molecule has 2 rings (SSSR count). The summed E-state index contributed by atoms with van der Waals surface area (Å²) < 4.78 is 32.8. The lowest BCUT2D eigenvalue weighted by Gasteiger charge is -2.13. The van der Waals surface area contributed by atoms with Gasteiger partial charge >= 0.3 is 0 Å². The minimum Gasteiger partial charge on any atom is -0.494 e. The molecule has 0 spiro atoms. The number of allylic oxidation sites excluding steroid dienone is 3. The molecule has 7 heteroatoms. The average Bonchev–Trinajstić information content (AvgIpc) is 2.96. The monoisotopic (exact) mass is 371 g/mol. The highest BCUT2D eigenvalue weighted by Gasteiger charge is 2.13. The zero-order valence-electron chi connectivity index (χ0n) is 12.4. The summed E-state index contributed by atoms with van der Waals surface area (Å²) in [4.78, 5) is 0. The van der Waals surface area contributed by atoms with Crippen LogP contribution in [-0.2, 0) is 4.74 Å². The summed E-state index contributed by atoms with van der Waals surface area (Å²) in [5, 5.41) is 10.2. The number of hydrogen-bond acceptors (Lipinski definition) is 3. The fourth-order valence-electron chi connectivity index (χ4n) is 1.98. The number of ether oxygens (including phenoxy) is 1. The van der Waals surface area contributed by atoms with Crippen molar-refractivity contribution in [2.45, 2.75) is 20.3 Å². The second-order valence-corrected chi connectivity index (χ2v) is 5.43. The third-order valence-corrected chi connectivity index (χ3v) is 3.93. The molecule has 0 unspecified atom stereocenters. The van der Waals surface area contributed by atoms with Gasteiger partial charge in [-0.25, -0.2) is 8.78 Å². The van der Waals surface area contributed by atoms with Crippen LogP contribution in [0.15, 0.2) is 40.1 Å². The van der Waals surface area contributed by atoms with Crippen molar-refractivity contribution in [1.82, 2.24) is 10.2 Å². The number of benzene rings is 1. The zero-order valence-corrected chi connectivity index (χ0v) is 14.0. The van der Waals surface area contributed by atoms with Crippen molar-refractivity contribution in [1.29, 1.82) is 0 Å². The van der Waals surface area contributed by atoms with E-state index in [9.17, 15) is 8.78 Å². The first-order valence-electron chi connectivity index (χ1n) is 6.67. The maximum Gasteiger partial charge on any atom is 0.165 e. The number of methoxy groups -OCH3 is 1. The van der Waals surface area contributed by atoms with Gasteiger partial charge in [0, 0.05) is 17.2 Å². The molecule has 1 aromatic carbocycles. The van der Waals surface area contributed by atoms with Gasteiger partial charge in [0.15, 0.2) is 11.6 Å². The number of aromatic amines is 1. The summed E-state index contributed by atoms with van der Waals surface area (Å²) in [7, 11) is 1.40. The van der Waals surface area contributed by atoms with Crippen LogP contribution in [0.1, 0.15) is 20.3 Å². The van der Waals surface area contributed by atoms with E-state index in [-0.39, 0.29) is 10.2 Å². The number of halogens is 3. The fourth-order valence-corrected chi connectivity index (χ4v) is 2.39. The van der Waals surface area contributed by atoms with Crippen LogP contribution in [0.3, 0.4) is 0 Å². The molecule has 2 N–H and O–H groups in total. The molecule has 1 heterocycles. The second-order valence-electron chi connectivity index (χ2n) is 4.64. The molecular weight excluding hydrogens is 356 g/mol. The molecule has 0 amide bonds. The van der Waals surface area contributed by atoms with Gasteiger partial charge in [0.25, 0.3) is 0 Å². The van der Waals surface area contributed by atoms with Crippen molar-refractivity contribution < 1.29 is 13.5 Å². The number of anilines is 1. The molecule has 0 atom stereocenters. The predicted molar refractivity (Wildman–Crippen MR) is 86.6 cm³/mol. The molecule has 0 aliphatic heterocycles. The molecule has 0 radical (unpaired) electrons. The van der Waals surface area contributed by atoms with Crippen LogP contribution < -0.4 is 5.32 Å². The largest absolute Gasteiger partial charge is 0.494 e. The van der Waals surface area contributed by atoms with Gasteiger partial charge in [0.1, 0.15) is 11.3 Å². The van der Waals surface area contributed by atoms with Crippen molar-refractivity contribution in [3.05, 3.63) is 45.9 Å². The van der Waals surface area contributed by atoms with E-state index in [1.807, 2.05) is 6.92 Å². The summed E-state index contributed by atoms with van der Waals surface area (Å²) in [6, 6.07) is 1.76. The normalized spacial score (nSPS) is 13.3. The van der Waals surface area contributed by atoms with Crippen molar-refractivity contribution >= 4 is 32.5 Å². The van der Waals surface area contributed by atoms with Crippen LogP contribution in [0.25, 0.3) is 10.9 Å². The molecule has 0 aliphatic rings. The maximum atomic E-state index is 14.2. The standard InChI is InChI=1S/C15H16BrF2N3O/c1-4-10(6-12(22-3)8(2)17)20-11-5-9-7-19-21-15(9)14(18)13(11)16/h5-7,20H,4H2,1-3H3,(H,19,21)/b10-6+,12-8-. The van der Waals surface area contributed by atoms with Gasteiger partial charge in [-0.2, -0.15) is 5.10 Å². The smallest absolute Gasteiger partial charge is 0.165 e. The highest BCUT2D eigenvalue weighted by molar-refractivity contribution is 9.10. The molecule has 2 aromatic rings. The number of H-pyrrole nitrogens is 1. The Morgan fingerprint density at radius 2 is 2.27 bits per heavy atom. The van der Waals surface area contributed by atoms with Crippen LogP contribution in [0.4, 0.5) is 14.5 Å². The number of hydrogen-bond donors (Lipinski definition) is 2. The van der Waals surface area contributed by atoms with Gasteiger partial charge in [-0.05, 0) is 35.3 Å². The Labute approximate surface area is 135 Å². The molecule has 0 aliphatic carbocycles. The number of nitrogens with zero attached hydrogens (tertiary/aromatic N) is 1. The van der Waals surface area contributed by atoms with E-state index in [1.165, 1.54) is 20.2 Å². The lowest BCUT2D eigenvalue weighted by molar-refractivity contribution is 0.290. The molecule has 0 bridgehead atoms.